The van der Waals surface area contributed by atoms with Crippen molar-refractivity contribution in [2.75, 3.05) is 14.1 Å². The van der Waals surface area contributed by atoms with Crippen LogP contribution in [-0.4, -0.2) is 31.0 Å². The summed E-state index contributed by atoms with van der Waals surface area (Å²) in [5, 5.41) is 0. The van der Waals surface area contributed by atoms with Crippen molar-refractivity contribution < 1.29 is 0 Å². The lowest BCUT2D eigenvalue weighted by molar-refractivity contribution is 0.349. The molecule has 1 saturated carbocycles. The number of aliphatic imine (C=N–C) groups is 1. The van der Waals surface area contributed by atoms with Crippen LogP contribution in [0.1, 0.15) is 29.9 Å². The Balaban J connectivity index is 1.96. The average Bonchev–Trinajstić information content (AvgIpc) is 2.24. The zero-order valence-corrected chi connectivity index (χ0v) is 10.9. The fourth-order valence-electron chi connectivity index (χ4n) is 2.29. The number of hydrogen-bond acceptors (Lipinski definition) is 1. The van der Waals surface area contributed by atoms with Gasteiger partial charge in [0.2, 0.25) is 0 Å². The zero-order valence-electron chi connectivity index (χ0n) is 10.9. The van der Waals surface area contributed by atoms with Crippen molar-refractivity contribution in [3.8, 4) is 0 Å². The van der Waals surface area contributed by atoms with Gasteiger partial charge in [-0.15, -0.1) is 0 Å². The summed E-state index contributed by atoms with van der Waals surface area (Å²) in [5.74, 6) is 1.30. The fraction of sp³-hybridized carbons (Fsp3) is 0.500. The van der Waals surface area contributed by atoms with Crippen molar-refractivity contribution in [1.29, 1.82) is 0 Å². The van der Waals surface area contributed by atoms with Gasteiger partial charge in [0, 0.05) is 14.1 Å². The van der Waals surface area contributed by atoms with Crippen LogP contribution in [0.2, 0.25) is 0 Å². The van der Waals surface area contributed by atoms with E-state index in [2.05, 4.69) is 36.2 Å². The standard InChI is InChI=1S/C14H21N3/c1-10-6-4-5-7-13(10)11-8-12(9-11)16-14(15)17(2)3/h4-7,11-12H,8-9H2,1-3H3,(H2,15,16). The predicted molar refractivity (Wildman–Crippen MR) is 72.3 cm³/mol. The molecule has 0 saturated heterocycles. The van der Waals surface area contributed by atoms with Gasteiger partial charge >= 0.3 is 0 Å². The molecule has 1 fully saturated rings. The first-order chi connectivity index (χ1) is 8.08. The first-order valence-corrected chi connectivity index (χ1v) is 6.14. The molecule has 3 nitrogen and oxygen atoms in total. The summed E-state index contributed by atoms with van der Waals surface area (Å²) < 4.78 is 0. The SMILES string of the molecule is Cc1ccccc1C1CC(N=C(N)N(C)C)C1. The van der Waals surface area contributed by atoms with Crippen molar-refractivity contribution in [1.82, 2.24) is 4.90 Å². The number of hydrogen-bond donors (Lipinski definition) is 1. The minimum Gasteiger partial charge on any atom is -0.370 e. The van der Waals surface area contributed by atoms with Crippen molar-refractivity contribution in [3.63, 3.8) is 0 Å². The highest BCUT2D eigenvalue weighted by atomic mass is 15.2. The molecule has 0 unspecified atom stereocenters. The second-order valence-corrected chi connectivity index (χ2v) is 5.06. The Morgan fingerprint density at radius 2 is 1.94 bits per heavy atom. The molecule has 0 spiro atoms. The van der Waals surface area contributed by atoms with Crippen LogP contribution >= 0.6 is 0 Å². The zero-order chi connectivity index (χ0) is 12.4. The molecule has 1 aromatic carbocycles. The lowest BCUT2D eigenvalue weighted by atomic mass is 9.75. The van der Waals surface area contributed by atoms with E-state index >= 15 is 0 Å². The van der Waals surface area contributed by atoms with E-state index in [0.717, 1.165) is 12.8 Å². The van der Waals surface area contributed by atoms with Gasteiger partial charge in [0.05, 0.1) is 6.04 Å². The quantitative estimate of drug-likeness (QED) is 0.625. The van der Waals surface area contributed by atoms with Crippen LogP contribution < -0.4 is 5.73 Å². The summed E-state index contributed by atoms with van der Waals surface area (Å²) in [6.45, 7) is 2.18. The van der Waals surface area contributed by atoms with Gasteiger partial charge in [-0.05, 0) is 36.8 Å². The monoisotopic (exact) mass is 231 g/mol. The molecular formula is C14H21N3. The summed E-state index contributed by atoms with van der Waals surface area (Å²) in [5.41, 5.74) is 8.68. The molecule has 2 rings (SSSR count). The third-order valence-electron chi connectivity index (χ3n) is 3.51. The molecule has 3 heteroatoms. The van der Waals surface area contributed by atoms with E-state index in [1.165, 1.54) is 11.1 Å². The number of rotatable bonds is 2. The number of nitrogens with zero attached hydrogens (tertiary/aromatic N) is 2. The van der Waals surface area contributed by atoms with Gasteiger partial charge in [-0.25, -0.2) is 4.99 Å². The smallest absolute Gasteiger partial charge is 0.190 e. The van der Waals surface area contributed by atoms with E-state index in [1.807, 2.05) is 19.0 Å². The second-order valence-electron chi connectivity index (χ2n) is 5.06. The highest BCUT2D eigenvalue weighted by Gasteiger charge is 2.31. The first kappa shape index (κ1) is 12.0. The van der Waals surface area contributed by atoms with Crippen LogP contribution in [0.4, 0.5) is 0 Å². The van der Waals surface area contributed by atoms with Gasteiger partial charge in [0.15, 0.2) is 5.96 Å². The Bertz CT molecular complexity index is 417. The molecule has 1 aliphatic rings. The Hall–Kier alpha value is -1.51. The van der Waals surface area contributed by atoms with Crippen molar-refractivity contribution in [2.24, 2.45) is 10.7 Å². The minimum atomic E-state index is 0.405. The third-order valence-corrected chi connectivity index (χ3v) is 3.51. The van der Waals surface area contributed by atoms with E-state index in [0.29, 0.717) is 17.9 Å². The van der Waals surface area contributed by atoms with E-state index in [4.69, 9.17) is 5.73 Å². The normalized spacial score (nSPS) is 24.3. The van der Waals surface area contributed by atoms with Crippen LogP contribution in [0, 0.1) is 6.92 Å². The number of guanidine groups is 1. The largest absolute Gasteiger partial charge is 0.370 e. The van der Waals surface area contributed by atoms with Gasteiger partial charge in [-0.1, -0.05) is 24.3 Å². The topological polar surface area (TPSA) is 41.6 Å². The molecule has 0 heterocycles. The maximum atomic E-state index is 5.82. The van der Waals surface area contributed by atoms with Crippen molar-refractivity contribution in [3.05, 3.63) is 35.4 Å². The van der Waals surface area contributed by atoms with Crippen LogP contribution in [0.15, 0.2) is 29.3 Å². The Morgan fingerprint density at radius 3 is 2.53 bits per heavy atom. The highest BCUT2D eigenvalue weighted by molar-refractivity contribution is 5.77. The lowest BCUT2D eigenvalue weighted by Gasteiger charge is -2.34. The van der Waals surface area contributed by atoms with Gasteiger partial charge < -0.3 is 10.6 Å². The van der Waals surface area contributed by atoms with Crippen LogP contribution in [-0.2, 0) is 0 Å². The van der Waals surface area contributed by atoms with Crippen LogP contribution in [0.3, 0.4) is 0 Å². The fourth-order valence-corrected chi connectivity index (χ4v) is 2.29. The maximum absolute atomic E-state index is 5.82. The second kappa shape index (κ2) is 4.78. The molecular weight excluding hydrogens is 210 g/mol. The summed E-state index contributed by atoms with van der Waals surface area (Å²) in [6.07, 6.45) is 2.25. The molecule has 1 aliphatic carbocycles. The van der Waals surface area contributed by atoms with E-state index in [9.17, 15) is 0 Å². The van der Waals surface area contributed by atoms with Crippen LogP contribution in [0.5, 0.6) is 0 Å². The molecule has 0 amide bonds. The number of aryl methyl sites for hydroxylation is 1. The predicted octanol–water partition coefficient (Wildman–Crippen LogP) is 2.12. The van der Waals surface area contributed by atoms with E-state index in [-0.39, 0.29) is 0 Å². The Morgan fingerprint density at radius 1 is 1.29 bits per heavy atom. The van der Waals surface area contributed by atoms with Gasteiger partial charge in [-0.2, -0.15) is 0 Å². The summed E-state index contributed by atoms with van der Waals surface area (Å²) >= 11 is 0. The van der Waals surface area contributed by atoms with Gasteiger partial charge in [-0.3, -0.25) is 0 Å². The molecule has 0 aromatic heterocycles. The molecule has 1 aromatic rings. The third kappa shape index (κ3) is 2.60. The summed E-state index contributed by atoms with van der Waals surface area (Å²) in [4.78, 5) is 6.37. The summed E-state index contributed by atoms with van der Waals surface area (Å²) in [6, 6.07) is 9.03. The summed E-state index contributed by atoms with van der Waals surface area (Å²) in [7, 11) is 3.85. The number of benzene rings is 1. The molecule has 0 aliphatic heterocycles. The van der Waals surface area contributed by atoms with Gasteiger partial charge in [0.25, 0.3) is 0 Å². The minimum absolute atomic E-state index is 0.405. The van der Waals surface area contributed by atoms with Crippen molar-refractivity contribution >= 4 is 5.96 Å². The van der Waals surface area contributed by atoms with Crippen LogP contribution in [0.25, 0.3) is 0 Å². The molecule has 0 atom stereocenters. The van der Waals surface area contributed by atoms with Crippen molar-refractivity contribution in [2.45, 2.75) is 31.7 Å². The molecule has 17 heavy (non-hydrogen) atoms. The Kier molecular flexibility index (Phi) is 3.36. The molecule has 0 bridgehead atoms. The van der Waals surface area contributed by atoms with E-state index in [1.54, 1.807) is 0 Å². The average molecular weight is 231 g/mol. The van der Waals surface area contributed by atoms with E-state index < -0.39 is 0 Å². The first-order valence-electron chi connectivity index (χ1n) is 6.14. The molecule has 0 radical (unpaired) electrons. The highest BCUT2D eigenvalue weighted by Crippen LogP contribution is 2.39. The maximum Gasteiger partial charge on any atom is 0.190 e. The molecule has 2 N–H and O–H groups in total. The van der Waals surface area contributed by atoms with Gasteiger partial charge in [0.1, 0.15) is 0 Å². The Labute approximate surface area is 103 Å². The number of nitrogens with two attached hydrogens (primary N) is 1. The molecule has 92 valence electrons. The lowest BCUT2D eigenvalue weighted by Crippen LogP contribution is -2.35.